The van der Waals surface area contributed by atoms with E-state index in [0.29, 0.717) is 23.4 Å². The monoisotopic (exact) mass is 234 g/mol. The molecule has 0 fully saturated rings. The minimum absolute atomic E-state index is 0.0252. The highest BCUT2D eigenvalue weighted by atomic mass is 15.0. The van der Waals surface area contributed by atoms with Gasteiger partial charge in [-0.2, -0.15) is 0 Å². The van der Waals surface area contributed by atoms with Crippen LogP contribution in [0.4, 0.5) is 5.82 Å². The number of hydrogen-bond acceptors (Lipinski definition) is 5. The second-order valence-corrected chi connectivity index (χ2v) is 5.32. The maximum atomic E-state index is 6.12. The first-order valence-corrected chi connectivity index (χ1v) is 5.58. The first-order chi connectivity index (χ1) is 7.88. The van der Waals surface area contributed by atoms with E-state index >= 15 is 0 Å². The van der Waals surface area contributed by atoms with Crippen LogP contribution < -0.4 is 11.5 Å². The summed E-state index contributed by atoms with van der Waals surface area (Å²) < 4.78 is 0. The molecule has 2 heterocycles. The standard InChI is InChI=1S/C11H18N6/c1-11(2,3)6(12)4-7-16-8-9(13)14-5-15-10(8)17-7/h5-6H,4,12H2,1-3H3,(H3,13,14,15,16,17). The van der Waals surface area contributed by atoms with Gasteiger partial charge in [0.2, 0.25) is 0 Å². The van der Waals surface area contributed by atoms with Gasteiger partial charge >= 0.3 is 0 Å². The van der Waals surface area contributed by atoms with Gasteiger partial charge in [-0.05, 0) is 5.41 Å². The maximum Gasteiger partial charge on any atom is 0.183 e. The molecule has 0 aromatic carbocycles. The summed E-state index contributed by atoms with van der Waals surface area (Å²) in [6.07, 6.45) is 2.07. The van der Waals surface area contributed by atoms with E-state index < -0.39 is 0 Å². The van der Waals surface area contributed by atoms with Crippen molar-refractivity contribution < 1.29 is 0 Å². The molecule has 0 aliphatic rings. The molecule has 6 nitrogen and oxygen atoms in total. The Balaban J connectivity index is 2.29. The molecular weight excluding hydrogens is 216 g/mol. The zero-order chi connectivity index (χ0) is 12.6. The fourth-order valence-electron chi connectivity index (χ4n) is 1.51. The lowest BCUT2D eigenvalue weighted by atomic mass is 9.85. The minimum Gasteiger partial charge on any atom is -0.382 e. The highest BCUT2D eigenvalue weighted by molar-refractivity contribution is 5.80. The van der Waals surface area contributed by atoms with Crippen LogP contribution in [0, 0.1) is 5.41 Å². The Morgan fingerprint density at radius 2 is 2.06 bits per heavy atom. The summed E-state index contributed by atoms with van der Waals surface area (Å²) in [7, 11) is 0. The van der Waals surface area contributed by atoms with Crippen molar-refractivity contribution in [1.29, 1.82) is 0 Å². The summed E-state index contributed by atoms with van der Waals surface area (Å²) in [6.45, 7) is 6.32. The molecule has 0 saturated carbocycles. The van der Waals surface area contributed by atoms with Gasteiger partial charge in [-0.15, -0.1) is 0 Å². The minimum atomic E-state index is 0.0252. The molecule has 0 amide bonds. The lowest BCUT2D eigenvalue weighted by molar-refractivity contribution is 0.315. The van der Waals surface area contributed by atoms with Crippen LogP contribution in [0.25, 0.3) is 11.2 Å². The van der Waals surface area contributed by atoms with Crippen molar-refractivity contribution in [2.75, 3.05) is 5.73 Å². The molecule has 2 rings (SSSR count). The Morgan fingerprint density at radius 1 is 1.35 bits per heavy atom. The van der Waals surface area contributed by atoms with Gasteiger partial charge in [0.05, 0.1) is 0 Å². The molecule has 5 N–H and O–H groups in total. The summed E-state index contributed by atoms with van der Waals surface area (Å²) in [5.74, 6) is 1.22. The first kappa shape index (κ1) is 11.8. The molecule has 92 valence electrons. The Labute approximate surface area is 99.9 Å². The van der Waals surface area contributed by atoms with E-state index in [1.807, 2.05) is 0 Å². The van der Waals surface area contributed by atoms with Crippen molar-refractivity contribution >= 4 is 17.0 Å². The van der Waals surface area contributed by atoms with Crippen LogP contribution in [0.2, 0.25) is 0 Å². The highest BCUT2D eigenvalue weighted by Gasteiger charge is 2.22. The third-order valence-corrected chi connectivity index (χ3v) is 2.89. The van der Waals surface area contributed by atoms with Crippen molar-refractivity contribution in [3.63, 3.8) is 0 Å². The third-order valence-electron chi connectivity index (χ3n) is 2.89. The summed E-state index contributed by atoms with van der Waals surface area (Å²) in [4.78, 5) is 15.5. The molecule has 0 radical (unpaired) electrons. The number of nitrogen functional groups attached to an aromatic ring is 1. The van der Waals surface area contributed by atoms with Gasteiger partial charge in [0, 0.05) is 12.5 Å². The van der Waals surface area contributed by atoms with Crippen LogP contribution in [0.5, 0.6) is 0 Å². The molecule has 0 bridgehead atoms. The van der Waals surface area contributed by atoms with E-state index in [9.17, 15) is 0 Å². The molecule has 1 unspecified atom stereocenters. The second kappa shape index (κ2) is 3.96. The Hall–Kier alpha value is -1.69. The number of aromatic amines is 1. The number of anilines is 1. The number of imidazole rings is 1. The summed E-state index contributed by atoms with van der Waals surface area (Å²) in [5.41, 5.74) is 13.2. The average Bonchev–Trinajstić information content (AvgIpc) is 2.60. The van der Waals surface area contributed by atoms with Gasteiger partial charge < -0.3 is 16.5 Å². The van der Waals surface area contributed by atoms with E-state index in [2.05, 4.69) is 40.7 Å². The number of H-pyrrole nitrogens is 1. The Bertz CT molecular complexity index is 524. The smallest absolute Gasteiger partial charge is 0.183 e. The average molecular weight is 234 g/mol. The molecular formula is C11H18N6. The largest absolute Gasteiger partial charge is 0.382 e. The maximum absolute atomic E-state index is 6.12. The molecule has 2 aromatic heterocycles. The van der Waals surface area contributed by atoms with Crippen molar-refractivity contribution in [2.45, 2.75) is 33.2 Å². The summed E-state index contributed by atoms with van der Waals surface area (Å²) >= 11 is 0. The van der Waals surface area contributed by atoms with Crippen molar-refractivity contribution in [2.24, 2.45) is 11.1 Å². The van der Waals surface area contributed by atoms with Crippen LogP contribution in [0.1, 0.15) is 26.6 Å². The van der Waals surface area contributed by atoms with Gasteiger partial charge in [0.15, 0.2) is 11.5 Å². The van der Waals surface area contributed by atoms with E-state index in [0.717, 1.165) is 5.82 Å². The molecule has 0 aliphatic carbocycles. The Kier molecular flexibility index (Phi) is 2.74. The van der Waals surface area contributed by atoms with Crippen LogP contribution in [0.15, 0.2) is 6.33 Å². The molecule has 17 heavy (non-hydrogen) atoms. The lowest BCUT2D eigenvalue weighted by Gasteiger charge is -2.26. The number of nitrogens with two attached hydrogens (primary N) is 2. The summed E-state index contributed by atoms with van der Waals surface area (Å²) in [5, 5.41) is 0. The fourth-order valence-corrected chi connectivity index (χ4v) is 1.51. The predicted molar refractivity (Wildman–Crippen MR) is 67.2 cm³/mol. The zero-order valence-electron chi connectivity index (χ0n) is 10.4. The molecule has 0 aliphatic heterocycles. The number of rotatable bonds is 2. The molecule has 2 aromatic rings. The highest BCUT2D eigenvalue weighted by Crippen LogP contribution is 2.21. The van der Waals surface area contributed by atoms with E-state index in [1.54, 1.807) is 0 Å². The van der Waals surface area contributed by atoms with Gasteiger partial charge in [0.25, 0.3) is 0 Å². The number of nitrogens with zero attached hydrogens (tertiary/aromatic N) is 3. The van der Waals surface area contributed by atoms with Crippen LogP contribution in [-0.4, -0.2) is 26.0 Å². The van der Waals surface area contributed by atoms with Crippen LogP contribution >= 0.6 is 0 Å². The second-order valence-electron chi connectivity index (χ2n) is 5.32. The quantitative estimate of drug-likeness (QED) is 0.714. The third kappa shape index (κ3) is 2.36. The van der Waals surface area contributed by atoms with Crippen molar-refractivity contribution in [3.05, 3.63) is 12.2 Å². The number of aromatic nitrogens is 4. The van der Waals surface area contributed by atoms with E-state index in [4.69, 9.17) is 11.5 Å². The Morgan fingerprint density at radius 3 is 2.65 bits per heavy atom. The van der Waals surface area contributed by atoms with Gasteiger partial charge in [-0.3, -0.25) is 0 Å². The SMILES string of the molecule is CC(C)(C)C(N)Cc1nc2ncnc(N)c2[nH]1. The van der Waals surface area contributed by atoms with E-state index in [1.165, 1.54) is 6.33 Å². The van der Waals surface area contributed by atoms with Crippen molar-refractivity contribution in [3.8, 4) is 0 Å². The van der Waals surface area contributed by atoms with E-state index in [-0.39, 0.29) is 11.5 Å². The molecule has 6 heteroatoms. The van der Waals surface area contributed by atoms with Crippen molar-refractivity contribution in [1.82, 2.24) is 19.9 Å². The predicted octanol–water partition coefficient (Wildman–Crippen LogP) is 0.851. The molecule has 1 atom stereocenters. The fraction of sp³-hybridized carbons (Fsp3) is 0.545. The molecule has 0 saturated heterocycles. The zero-order valence-corrected chi connectivity index (χ0v) is 10.4. The van der Waals surface area contributed by atoms with Gasteiger partial charge in [-0.1, -0.05) is 20.8 Å². The lowest BCUT2D eigenvalue weighted by Crippen LogP contribution is -2.37. The normalized spacial score (nSPS) is 14.1. The summed E-state index contributed by atoms with van der Waals surface area (Å²) in [6, 6.07) is 0.0252. The van der Waals surface area contributed by atoms with Crippen LogP contribution in [-0.2, 0) is 6.42 Å². The number of hydrogen-bond donors (Lipinski definition) is 3. The van der Waals surface area contributed by atoms with Gasteiger partial charge in [-0.25, -0.2) is 15.0 Å². The topological polar surface area (TPSA) is 106 Å². The van der Waals surface area contributed by atoms with Gasteiger partial charge in [0.1, 0.15) is 17.7 Å². The van der Waals surface area contributed by atoms with Crippen LogP contribution in [0.3, 0.4) is 0 Å². The first-order valence-electron chi connectivity index (χ1n) is 5.58. The number of nitrogens with one attached hydrogen (secondary N) is 1. The molecule has 0 spiro atoms. The number of fused-ring (bicyclic) bond motifs is 1.